The van der Waals surface area contributed by atoms with Crippen LogP contribution in [0.2, 0.25) is 0 Å². The molecule has 1 heterocycles. The van der Waals surface area contributed by atoms with E-state index in [1.807, 2.05) is 58.2 Å². The molecule has 0 fully saturated rings. The zero-order valence-corrected chi connectivity index (χ0v) is 14.9. The van der Waals surface area contributed by atoms with Gasteiger partial charge >= 0.3 is 0 Å². The molecule has 2 aromatic carbocycles. The van der Waals surface area contributed by atoms with Gasteiger partial charge in [0.2, 0.25) is 0 Å². The third kappa shape index (κ3) is 5.07. The molecule has 23 heavy (non-hydrogen) atoms. The quantitative estimate of drug-likeness (QED) is 0.508. The third-order valence-electron chi connectivity index (χ3n) is 3.27. The van der Waals surface area contributed by atoms with Crippen LogP contribution < -0.4 is 0 Å². The lowest BCUT2D eigenvalue weighted by Crippen LogP contribution is -1.87. The Morgan fingerprint density at radius 3 is 1.87 bits per heavy atom. The number of nitrogens with zero attached hydrogens (tertiary/aromatic N) is 1. The first-order chi connectivity index (χ1) is 11.3. The molecular formula is C22H27N. The molecular weight excluding hydrogens is 278 g/mol. The molecule has 3 rings (SSSR count). The molecule has 0 aliphatic heterocycles. The monoisotopic (exact) mass is 305 g/mol. The van der Waals surface area contributed by atoms with Crippen molar-refractivity contribution in [2.24, 2.45) is 0 Å². The second kappa shape index (κ2) is 10.3. The van der Waals surface area contributed by atoms with Gasteiger partial charge in [0, 0.05) is 11.8 Å². The van der Waals surface area contributed by atoms with Crippen LogP contribution >= 0.6 is 0 Å². The summed E-state index contributed by atoms with van der Waals surface area (Å²) in [5, 5.41) is 0. The smallest absolute Gasteiger partial charge is 0.0704 e. The van der Waals surface area contributed by atoms with Crippen molar-refractivity contribution in [3.8, 4) is 22.4 Å². The molecule has 0 N–H and O–H groups in total. The van der Waals surface area contributed by atoms with Crippen LogP contribution in [0.15, 0.2) is 72.9 Å². The largest absolute Gasteiger partial charge is 0.256 e. The maximum atomic E-state index is 4.41. The second-order valence-electron chi connectivity index (χ2n) is 4.61. The van der Waals surface area contributed by atoms with Crippen LogP contribution in [0.4, 0.5) is 0 Å². The van der Waals surface area contributed by atoms with Gasteiger partial charge in [-0.15, -0.1) is 0 Å². The van der Waals surface area contributed by atoms with Crippen LogP contribution in [-0.4, -0.2) is 4.98 Å². The van der Waals surface area contributed by atoms with Crippen molar-refractivity contribution in [2.75, 3.05) is 0 Å². The van der Waals surface area contributed by atoms with Crippen molar-refractivity contribution in [2.45, 2.75) is 34.6 Å². The van der Waals surface area contributed by atoms with Gasteiger partial charge in [-0.1, -0.05) is 82.3 Å². The van der Waals surface area contributed by atoms with Crippen LogP contribution in [0.1, 0.15) is 33.3 Å². The van der Waals surface area contributed by atoms with Gasteiger partial charge in [-0.25, -0.2) is 0 Å². The Kier molecular flexibility index (Phi) is 8.38. The van der Waals surface area contributed by atoms with Gasteiger partial charge in [0.15, 0.2) is 0 Å². The molecule has 0 unspecified atom stereocenters. The van der Waals surface area contributed by atoms with Gasteiger partial charge < -0.3 is 0 Å². The normalized spacial score (nSPS) is 9.09. The van der Waals surface area contributed by atoms with Crippen LogP contribution in [0.5, 0.6) is 0 Å². The van der Waals surface area contributed by atoms with Crippen molar-refractivity contribution in [1.29, 1.82) is 0 Å². The summed E-state index contributed by atoms with van der Waals surface area (Å²) in [7, 11) is 0. The highest BCUT2D eigenvalue weighted by Gasteiger charge is 2.04. The first-order valence-corrected chi connectivity index (χ1v) is 8.42. The van der Waals surface area contributed by atoms with Crippen LogP contribution in [0.3, 0.4) is 0 Å². The van der Waals surface area contributed by atoms with E-state index >= 15 is 0 Å². The Morgan fingerprint density at radius 2 is 1.30 bits per heavy atom. The molecule has 0 bridgehead atoms. The van der Waals surface area contributed by atoms with Crippen molar-refractivity contribution in [3.05, 3.63) is 78.5 Å². The van der Waals surface area contributed by atoms with E-state index in [-0.39, 0.29) is 0 Å². The molecule has 3 aromatic rings. The van der Waals surface area contributed by atoms with Crippen molar-refractivity contribution in [1.82, 2.24) is 4.98 Å². The van der Waals surface area contributed by atoms with E-state index in [0.717, 1.165) is 5.69 Å². The third-order valence-corrected chi connectivity index (χ3v) is 3.27. The van der Waals surface area contributed by atoms with Crippen LogP contribution in [-0.2, 0) is 0 Å². The molecule has 1 heteroatoms. The van der Waals surface area contributed by atoms with Gasteiger partial charge in [0.1, 0.15) is 0 Å². The first kappa shape index (κ1) is 18.6. The van der Waals surface area contributed by atoms with E-state index in [9.17, 15) is 0 Å². The molecule has 0 saturated heterocycles. The zero-order chi connectivity index (χ0) is 17.1. The number of rotatable bonds is 2. The van der Waals surface area contributed by atoms with E-state index in [1.54, 1.807) is 0 Å². The standard InChI is InChI=1S/C18H15N.2C2H6/c1-14-13-16(15-7-3-2-4-8-15)10-11-17(14)18-9-5-6-12-19-18;2*1-2/h2-13H,1H3;2*1-2H3. The molecule has 120 valence electrons. The van der Waals surface area contributed by atoms with Gasteiger partial charge in [-0.2, -0.15) is 0 Å². The SMILES string of the molecule is CC.CC.Cc1cc(-c2ccccc2)ccc1-c1ccccn1. The van der Waals surface area contributed by atoms with Gasteiger partial charge in [0.25, 0.3) is 0 Å². The number of benzene rings is 2. The van der Waals surface area contributed by atoms with E-state index in [4.69, 9.17) is 0 Å². The number of aromatic nitrogens is 1. The summed E-state index contributed by atoms with van der Waals surface area (Å²) in [6, 6.07) is 23.0. The average Bonchev–Trinajstić information content (AvgIpc) is 2.66. The number of aryl methyl sites for hydroxylation is 1. The zero-order valence-electron chi connectivity index (χ0n) is 14.9. The average molecular weight is 305 g/mol. The number of hydrogen-bond acceptors (Lipinski definition) is 1. The summed E-state index contributed by atoms with van der Waals surface area (Å²) in [5.74, 6) is 0. The van der Waals surface area contributed by atoms with Crippen LogP contribution in [0.25, 0.3) is 22.4 Å². The summed E-state index contributed by atoms with van der Waals surface area (Å²) in [6.07, 6.45) is 1.83. The fraction of sp³-hybridized carbons (Fsp3) is 0.227. The summed E-state index contributed by atoms with van der Waals surface area (Å²) in [4.78, 5) is 4.41. The number of pyridine rings is 1. The minimum atomic E-state index is 1.03. The maximum absolute atomic E-state index is 4.41. The topological polar surface area (TPSA) is 12.9 Å². The van der Waals surface area contributed by atoms with E-state index in [2.05, 4.69) is 54.4 Å². The molecule has 0 spiro atoms. The lowest BCUT2D eigenvalue weighted by atomic mass is 9.98. The highest BCUT2D eigenvalue weighted by atomic mass is 14.7. The minimum absolute atomic E-state index is 1.03. The maximum Gasteiger partial charge on any atom is 0.0704 e. The minimum Gasteiger partial charge on any atom is -0.256 e. The molecule has 0 atom stereocenters. The molecule has 0 aliphatic rings. The summed E-state index contributed by atoms with van der Waals surface area (Å²) >= 11 is 0. The van der Waals surface area contributed by atoms with Gasteiger partial charge in [0.05, 0.1) is 5.69 Å². The summed E-state index contributed by atoms with van der Waals surface area (Å²) in [5.41, 5.74) is 5.97. The van der Waals surface area contributed by atoms with E-state index < -0.39 is 0 Å². The van der Waals surface area contributed by atoms with Gasteiger partial charge in [-0.3, -0.25) is 4.98 Å². The van der Waals surface area contributed by atoms with Crippen molar-refractivity contribution >= 4 is 0 Å². The van der Waals surface area contributed by atoms with Crippen molar-refractivity contribution < 1.29 is 0 Å². The van der Waals surface area contributed by atoms with Gasteiger partial charge in [-0.05, 0) is 35.7 Å². The Hall–Kier alpha value is -2.41. The first-order valence-electron chi connectivity index (χ1n) is 8.42. The second-order valence-corrected chi connectivity index (χ2v) is 4.61. The highest BCUT2D eigenvalue weighted by Crippen LogP contribution is 2.27. The Bertz CT molecular complexity index is 673. The Balaban J connectivity index is 0.000000615. The van der Waals surface area contributed by atoms with E-state index in [0.29, 0.717) is 0 Å². The molecule has 0 aliphatic carbocycles. The fourth-order valence-electron chi connectivity index (χ4n) is 2.28. The lowest BCUT2D eigenvalue weighted by Gasteiger charge is -2.08. The number of hydrogen-bond donors (Lipinski definition) is 0. The Morgan fingerprint density at radius 1 is 0.652 bits per heavy atom. The summed E-state index contributed by atoms with van der Waals surface area (Å²) < 4.78 is 0. The predicted octanol–water partition coefficient (Wildman–Crippen LogP) is 6.78. The molecule has 1 aromatic heterocycles. The molecule has 1 nitrogen and oxygen atoms in total. The molecule has 0 amide bonds. The van der Waals surface area contributed by atoms with E-state index in [1.165, 1.54) is 22.3 Å². The molecule has 0 radical (unpaired) electrons. The Labute approximate surface area is 141 Å². The summed E-state index contributed by atoms with van der Waals surface area (Å²) in [6.45, 7) is 10.1. The molecule has 0 saturated carbocycles. The predicted molar refractivity (Wildman–Crippen MR) is 103 cm³/mol. The fourth-order valence-corrected chi connectivity index (χ4v) is 2.28. The highest BCUT2D eigenvalue weighted by molar-refractivity contribution is 5.71. The van der Waals surface area contributed by atoms with Crippen molar-refractivity contribution in [3.63, 3.8) is 0 Å². The lowest BCUT2D eigenvalue weighted by molar-refractivity contribution is 1.31. The van der Waals surface area contributed by atoms with Crippen LogP contribution in [0, 0.1) is 6.92 Å².